The molecule has 152 valence electrons. The number of benzene rings is 1. The zero-order valence-electron chi connectivity index (χ0n) is 14.9. The van der Waals surface area contributed by atoms with Crippen LogP contribution in [0.25, 0.3) is 0 Å². The van der Waals surface area contributed by atoms with Gasteiger partial charge in [-0.2, -0.15) is 18.3 Å². The minimum Gasteiger partial charge on any atom is -0.467 e. The van der Waals surface area contributed by atoms with Crippen molar-refractivity contribution in [1.29, 1.82) is 0 Å². The highest BCUT2D eigenvalue weighted by Gasteiger charge is 2.47. The summed E-state index contributed by atoms with van der Waals surface area (Å²) in [5, 5.41) is 9.25. The van der Waals surface area contributed by atoms with Crippen molar-refractivity contribution in [2.24, 2.45) is 0 Å². The summed E-state index contributed by atoms with van der Waals surface area (Å²) in [5.41, 5.74) is 0.0622. The van der Waals surface area contributed by atoms with Crippen molar-refractivity contribution in [1.82, 2.24) is 15.1 Å². The van der Waals surface area contributed by atoms with Crippen LogP contribution in [0.5, 0.6) is 0 Å². The van der Waals surface area contributed by atoms with Gasteiger partial charge in [0.1, 0.15) is 17.4 Å². The first kappa shape index (κ1) is 19.0. The quantitative estimate of drug-likeness (QED) is 0.635. The number of carbonyl (C=O) groups is 1. The second-order valence-corrected chi connectivity index (χ2v) is 6.64. The number of nitrogens with one attached hydrogen (secondary N) is 2. The number of furan rings is 1. The van der Waals surface area contributed by atoms with Crippen LogP contribution in [0.1, 0.15) is 40.3 Å². The van der Waals surface area contributed by atoms with Crippen LogP contribution in [0, 0.1) is 5.82 Å². The molecule has 29 heavy (non-hydrogen) atoms. The molecular weight excluding hydrogens is 392 g/mol. The van der Waals surface area contributed by atoms with Gasteiger partial charge in [-0.25, -0.2) is 9.07 Å². The average molecular weight is 408 g/mol. The van der Waals surface area contributed by atoms with Gasteiger partial charge in [0.2, 0.25) is 0 Å². The summed E-state index contributed by atoms with van der Waals surface area (Å²) in [7, 11) is 0. The summed E-state index contributed by atoms with van der Waals surface area (Å²) in [5.74, 6) is -0.780. The number of rotatable bonds is 4. The van der Waals surface area contributed by atoms with Gasteiger partial charge in [-0.1, -0.05) is 18.2 Å². The predicted molar refractivity (Wildman–Crippen MR) is 94.6 cm³/mol. The van der Waals surface area contributed by atoms with E-state index in [4.69, 9.17) is 4.42 Å². The smallest absolute Gasteiger partial charge is 0.410 e. The van der Waals surface area contributed by atoms with Crippen molar-refractivity contribution in [3.8, 4) is 0 Å². The zero-order valence-corrected chi connectivity index (χ0v) is 14.9. The number of nitrogens with zero attached hydrogens (tertiary/aromatic N) is 2. The maximum atomic E-state index is 13.7. The van der Waals surface area contributed by atoms with Crippen molar-refractivity contribution in [3.05, 3.63) is 71.6 Å². The van der Waals surface area contributed by atoms with Crippen molar-refractivity contribution >= 4 is 11.7 Å². The normalized spacial score (nSPS) is 18.8. The van der Waals surface area contributed by atoms with Gasteiger partial charge in [0.05, 0.1) is 12.3 Å². The lowest BCUT2D eigenvalue weighted by Crippen LogP contribution is -2.35. The zero-order chi connectivity index (χ0) is 20.6. The van der Waals surface area contributed by atoms with Crippen LogP contribution in [0.4, 0.5) is 23.4 Å². The van der Waals surface area contributed by atoms with E-state index in [1.54, 1.807) is 18.2 Å². The van der Waals surface area contributed by atoms with Gasteiger partial charge >= 0.3 is 6.18 Å². The lowest BCUT2D eigenvalue weighted by Gasteiger charge is -2.32. The van der Waals surface area contributed by atoms with E-state index < -0.39 is 30.0 Å². The van der Waals surface area contributed by atoms with Crippen LogP contribution in [0.15, 0.2) is 53.1 Å². The van der Waals surface area contributed by atoms with Crippen molar-refractivity contribution in [2.75, 3.05) is 5.32 Å². The molecule has 0 spiro atoms. The molecule has 3 heterocycles. The van der Waals surface area contributed by atoms with Crippen molar-refractivity contribution in [3.63, 3.8) is 0 Å². The van der Waals surface area contributed by atoms with E-state index in [0.29, 0.717) is 5.76 Å². The topological polar surface area (TPSA) is 72.1 Å². The van der Waals surface area contributed by atoms with Gasteiger partial charge in [0.15, 0.2) is 11.7 Å². The Morgan fingerprint density at radius 1 is 1.28 bits per heavy atom. The molecule has 3 aromatic rings. The van der Waals surface area contributed by atoms with Crippen LogP contribution in [-0.4, -0.2) is 21.9 Å². The first-order valence-electron chi connectivity index (χ1n) is 8.80. The summed E-state index contributed by atoms with van der Waals surface area (Å²) < 4.78 is 60.5. The van der Waals surface area contributed by atoms with E-state index in [1.807, 2.05) is 0 Å². The molecule has 0 radical (unpaired) electrons. The number of hydrogen-bond donors (Lipinski definition) is 2. The minimum atomic E-state index is -4.56. The molecular formula is C19H16F4N4O2. The second-order valence-electron chi connectivity index (χ2n) is 6.64. The minimum absolute atomic E-state index is 0.0519. The fourth-order valence-corrected chi connectivity index (χ4v) is 3.27. The molecule has 4 rings (SSSR count). The molecule has 2 aromatic heterocycles. The number of amides is 1. The molecule has 2 atom stereocenters. The van der Waals surface area contributed by atoms with E-state index in [2.05, 4.69) is 15.7 Å². The molecule has 6 nitrogen and oxygen atoms in total. The maximum Gasteiger partial charge on any atom is 0.410 e. The van der Waals surface area contributed by atoms with Crippen LogP contribution >= 0.6 is 0 Å². The van der Waals surface area contributed by atoms with Crippen molar-refractivity contribution < 1.29 is 26.8 Å². The summed E-state index contributed by atoms with van der Waals surface area (Å²) in [6.45, 7) is -0.112. The van der Waals surface area contributed by atoms with Crippen LogP contribution < -0.4 is 10.6 Å². The summed E-state index contributed by atoms with van der Waals surface area (Å²) in [6, 6.07) is 7.68. The highest BCUT2D eigenvalue weighted by atomic mass is 19.4. The lowest BCUT2D eigenvalue weighted by atomic mass is 10.0. The number of alkyl halides is 3. The van der Waals surface area contributed by atoms with E-state index in [0.717, 1.165) is 4.68 Å². The molecule has 1 aliphatic heterocycles. The molecule has 0 fully saturated rings. The maximum absolute atomic E-state index is 13.7. The van der Waals surface area contributed by atoms with Crippen LogP contribution in [0.2, 0.25) is 0 Å². The summed E-state index contributed by atoms with van der Waals surface area (Å²) in [4.78, 5) is 12.4. The molecule has 10 heteroatoms. The third-order valence-corrected chi connectivity index (χ3v) is 4.71. The van der Waals surface area contributed by atoms with Gasteiger partial charge in [0, 0.05) is 24.6 Å². The fraction of sp³-hybridized carbons (Fsp3) is 0.263. The fourth-order valence-electron chi connectivity index (χ4n) is 3.27. The Morgan fingerprint density at radius 3 is 2.76 bits per heavy atom. The first-order chi connectivity index (χ1) is 13.8. The number of aromatic nitrogens is 2. The third-order valence-electron chi connectivity index (χ3n) is 4.71. The Morgan fingerprint density at radius 2 is 2.07 bits per heavy atom. The number of hydrogen-bond acceptors (Lipinski definition) is 4. The summed E-state index contributed by atoms with van der Waals surface area (Å²) >= 11 is 0. The first-order valence-corrected chi connectivity index (χ1v) is 8.80. The Hall–Kier alpha value is -3.30. The lowest BCUT2D eigenvalue weighted by molar-refractivity contribution is -0.174. The van der Waals surface area contributed by atoms with E-state index in [-0.39, 0.29) is 30.0 Å². The molecule has 0 bridgehead atoms. The van der Waals surface area contributed by atoms with Gasteiger partial charge in [-0.15, -0.1) is 0 Å². The highest BCUT2D eigenvalue weighted by molar-refractivity contribution is 5.93. The number of carbonyl (C=O) groups excluding carboxylic acids is 1. The number of halogens is 4. The monoisotopic (exact) mass is 408 g/mol. The molecule has 1 aromatic carbocycles. The van der Waals surface area contributed by atoms with Crippen molar-refractivity contribution in [2.45, 2.75) is 31.2 Å². The Bertz CT molecular complexity index is 1010. The average Bonchev–Trinajstić information content (AvgIpc) is 3.35. The van der Waals surface area contributed by atoms with Gasteiger partial charge < -0.3 is 15.1 Å². The van der Waals surface area contributed by atoms with Crippen LogP contribution in [-0.2, 0) is 6.54 Å². The SMILES string of the molecule is O=C(NCc1ccccc1F)c1cc2n(n1)[C@@H](C(F)(F)F)C[C@@H](c1ccco1)N2. The number of anilines is 1. The second kappa shape index (κ2) is 7.26. The highest BCUT2D eigenvalue weighted by Crippen LogP contribution is 2.43. The third kappa shape index (κ3) is 3.82. The standard InChI is InChI=1S/C19H16F4N4O2/c20-12-5-2-1-4-11(12)10-24-18(28)14-9-17-25-13(15-6-3-7-29-15)8-16(19(21,22)23)27(17)26-14/h1-7,9,13,16,25H,8,10H2,(H,24,28)/t13-,16+/m0/s1. The predicted octanol–water partition coefficient (Wildman–Crippen LogP) is 4.21. The number of fused-ring (bicyclic) bond motifs is 1. The molecule has 2 N–H and O–H groups in total. The summed E-state index contributed by atoms with van der Waals surface area (Å²) in [6.07, 6.45) is -3.51. The van der Waals surface area contributed by atoms with Gasteiger partial charge in [-0.3, -0.25) is 4.79 Å². The van der Waals surface area contributed by atoms with E-state index in [1.165, 1.54) is 30.5 Å². The van der Waals surface area contributed by atoms with Gasteiger partial charge in [-0.05, 0) is 18.2 Å². The molecule has 1 amide bonds. The van der Waals surface area contributed by atoms with Gasteiger partial charge in [0.25, 0.3) is 5.91 Å². The molecule has 0 aliphatic carbocycles. The molecule has 0 saturated carbocycles. The largest absolute Gasteiger partial charge is 0.467 e. The van der Waals surface area contributed by atoms with E-state index >= 15 is 0 Å². The van der Waals surface area contributed by atoms with E-state index in [9.17, 15) is 22.4 Å². The Kier molecular flexibility index (Phi) is 4.77. The molecule has 1 aliphatic rings. The van der Waals surface area contributed by atoms with Crippen LogP contribution in [0.3, 0.4) is 0 Å². The molecule has 0 saturated heterocycles. The molecule has 0 unspecified atom stereocenters. The Labute approximate surface area is 162 Å². The Balaban J connectivity index is 1.57.